The average Bonchev–Trinajstić information content (AvgIpc) is 2.99. The van der Waals surface area contributed by atoms with Crippen LogP contribution >= 0.6 is 11.6 Å². The molecule has 100 valence electrons. The quantitative estimate of drug-likeness (QED) is 0.931. The third-order valence-corrected chi connectivity index (χ3v) is 3.30. The van der Waals surface area contributed by atoms with Crippen molar-refractivity contribution in [2.45, 2.75) is 13.1 Å². The van der Waals surface area contributed by atoms with Crippen LogP contribution < -0.4 is 14.8 Å². The molecule has 3 rings (SSSR count). The Labute approximate surface area is 116 Å². The maximum Gasteiger partial charge on any atom is 0.231 e. The molecular formula is C13H14ClN3O2. The van der Waals surface area contributed by atoms with Crippen molar-refractivity contribution in [3.8, 4) is 11.5 Å². The molecule has 0 saturated heterocycles. The van der Waals surface area contributed by atoms with Gasteiger partial charge in [0.2, 0.25) is 6.79 Å². The van der Waals surface area contributed by atoms with E-state index in [4.69, 9.17) is 21.1 Å². The summed E-state index contributed by atoms with van der Waals surface area (Å²) in [5, 5.41) is 3.91. The number of rotatable bonds is 4. The zero-order valence-electron chi connectivity index (χ0n) is 10.5. The molecule has 0 spiro atoms. The molecule has 1 aromatic heterocycles. The number of hydrogen-bond acceptors (Lipinski definition) is 4. The molecule has 1 aromatic carbocycles. The summed E-state index contributed by atoms with van der Waals surface area (Å²) < 4.78 is 12.6. The highest BCUT2D eigenvalue weighted by molar-refractivity contribution is 6.32. The number of aryl methyl sites for hydroxylation is 1. The maximum absolute atomic E-state index is 6.13. The first kappa shape index (κ1) is 12.3. The summed E-state index contributed by atoms with van der Waals surface area (Å²) in [5.74, 6) is 2.34. The lowest BCUT2D eigenvalue weighted by Gasteiger charge is -2.07. The molecule has 2 aromatic rings. The highest BCUT2D eigenvalue weighted by atomic mass is 35.5. The van der Waals surface area contributed by atoms with Crippen molar-refractivity contribution in [2.75, 3.05) is 6.79 Å². The van der Waals surface area contributed by atoms with E-state index >= 15 is 0 Å². The van der Waals surface area contributed by atoms with Gasteiger partial charge in [0.05, 0.1) is 11.6 Å². The highest BCUT2D eigenvalue weighted by Gasteiger charge is 2.18. The molecule has 6 heteroatoms. The van der Waals surface area contributed by atoms with Crippen molar-refractivity contribution in [3.05, 3.63) is 40.9 Å². The Morgan fingerprint density at radius 2 is 2.26 bits per heavy atom. The molecule has 0 unspecified atom stereocenters. The molecule has 0 aliphatic carbocycles. The van der Waals surface area contributed by atoms with Gasteiger partial charge < -0.3 is 19.4 Å². The van der Waals surface area contributed by atoms with Crippen molar-refractivity contribution in [1.29, 1.82) is 0 Å². The average molecular weight is 280 g/mol. The van der Waals surface area contributed by atoms with Crippen molar-refractivity contribution in [1.82, 2.24) is 14.9 Å². The van der Waals surface area contributed by atoms with Gasteiger partial charge in [-0.2, -0.15) is 0 Å². The molecule has 19 heavy (non-hydrogen) atoms. The lowest BCUT2D eigenvalue weighted by molar-refractivity contribution is 0.174. The van der Waals surface area contributed by atoms with E-state index in [1.165, 1.54) is 0 Å². The Hall–Kier alpha value is -1.72. The summed E-state index contributed by atoms with van der Waals surface area (Å²) in [5.41, 5.74) is 1.06. The van der Waals surface area contributed by atoms with E-state index in [1.807, 2.05) is 29.9 Å². The Morgan fingerprint density at radius 1 is 1.37 bits per heavy atom. The minimum Gasteiger partial charge on any atom is -0.454 e. The van der Waals surface area contributed by atoms with Crippen LogP contribution in [0.25, 0.3) is 0 Å². The Balaban J connectivity index is 1.65. The number of fused-ring (bicyclic) bond motifs is 1. The molecule has 1 N–H and O–H groups in total. The largest absolute Gasteiger partial charge is 0.454 e. The number of halogens is 1. The molecule has 1 aliphatic heterocycles. The number of ether oxygens (including phenoxy) is 2. The number of imidazole rings is 1. The fourth-order valence-electron chi connectivity index (χ4n) is 2.01. The summed E-state index contributed by atoms with van der Waals surface area (Å²) in [6, 6.07) is 3.83. The van der Waals surface area contributed by atoms with Crippen molar-refractivity contribution >= 4 is 11.6 Å². The second-order valence-electron chi connectivity index (χ2n) is 4.37. The fraction of sp³-hybridized carbons (Fsp3) is 0.308. The van der Waals surface area contributed by atoms with Crippen molar-refractivity contribution < 1.29 is 9.47 Å². The van der Waals surface area contributed by atoms with Crippen LogP contribution in [0.4, 0.5) is 0 Å². The predicted octanol–water partition coefficient (Wildman–Crippen LogP) is 2.09. The number of nitrogens with one attached hydrogen (secondary N) is 1. The van der Waals surface area contributed by atoms with E-state index in [0.717, 1.165) is 11.4 Å². The van der Waals surface area contributed by atoms with Gasteiger partial charge in [0.25, 0.3) is 0 Å². The first-order chi connectivity index (χ1) is 9.24. The SMILES string of the molecule is Cn1ccnc1CNCc1cc(Cl)c2c(c1)OCO2. The number of benzene rings is 1. The zero-order valence-corrected chi connectivity index (χ0v) is 11.3. The third kappa shape index (κ3) is 2.52. The Kier molecular flexibility index (Phi) is 3.31. The van der Waals surface area contributed by atoms with Crippen LogP contribution in [0.15, 0.2) is 24.5 Å². The highest BCUT2D eigenvalue weighted by Crippen LogP contribution is 2.39. The van der Waals surface area contributed by atoms with Crippen LogP contribution in [0.3, 0.4) is 0 Å². The second kappa shape index (κ2) is 5.11. The lowest BCUT2D eigenvalue weighted by Crippen LogP contribution is -2.15. The van der Waals surface area contributed by atoms with Crippen molar-refractivity contribution in [2.24, 2.45) is 7.05 Å². The summed E-state index contributed by atoms with van der Waals surface area (Å²) in [6.45, 7) is 1.64. The summed E-state index contributed by atoms with van der Waals surface area (Å²) in [4.78, 5) is 4.25. The molecular weight excluding hydrogens is 266 g/mol. The zero-order chi connectivity index (χ0) is 13.2. The first-order valence-electron chi connectivity index (χ1n) is 5.99. The van der Waals surface area contributed by atoms with Crippen LogP contribution in [0.1, 0.15) is 11.4 Å². The van der Waals surface area contributed by atoms with E-state index in [2.05, 4.69) is 10.3 Å². The number of aromatic nitrogens is 2. The van der Waals surface area contributed by atoms with Gasteiger partial charge in [0, 0.05) is 26.0 Å². The van der Waals surface area contributed by atoms with E-state index in [0.29, 0.717) is 29.6 Å². The topological polar surface area (TPSA) is 48.3 Å². The summed E-state index contributed by atoms with van der Waals surface area (Å²) in [6.07, 6.45) is 3.71. The second-order valence-corrected chi connectivity index (χ2v) is 4.78. The lowest BCUT2D eigenvalue weighted by atomic mass is 10.2. The summed E-state index contributed by atoms with van der Waals surface area (Å²) in [7, 11) is 1.97. The Bertz CT molecular complexity index is 598. The van der Waals surface area contributed by atoms with Crippen LogP contribution in [-0.2, 0) is 20.1 Å². The smallest absolute Gasteiger partial charge is 0.231 e. The van der Waals surface area contributed by atoms with E-state index in [9.17, 15) is 0 Å². The van der Waals surface area contributed by atoms with Crippen LogP contribution in [-0.4, -0.2) is 16.3 Å². The van der Waals surface area contributed by atoms with Gasteiger partial charge in [0.1, 0.15) is 5.82 Å². The van der Waals surface area contributed by atoms with Gasteiger partial charge in [-0.15, -0.1) is 0 Å². The number of nitrogens with zero attached hydrogens (tertiary/aromatic N) is 2. The molecule has 2 heterocycles. The molecule has 5 nitrogen and oxygen atoms in total. The van der Waals surface area contributed by atoms with Crippen molar-refractivity contribution in [3.63, 3.8) is 0 Å². The van der Waals surface area contributed by atoms with Gasteiger partial charge in [-0.1, -0.05) is 11.6 Å². The fourth-order valence-corrected chi connectivity index (χ4v) is 2.30. The van der Waals surface area contributed by atoms with Gasteiger partial charge in [-0.3, -0.25) is 0 Å². The van der Waals surface area contributed by atoms with Gasteiger partial charge in [-0.25, -0.2) is 4.98 Å². The first-order valence-corrected chi connectivity index (χ1v) is 6.37. The summed E-state index contributed by atoms with van der Waals surface area (Å²) >= 11 is 6.13. The Morgan fingerprint density at radius 3 is 3.05 bits per heavy atom. The normalized spacial score (nSPS) is 12.9. The van der Waals surface area contributed by atoms with Gasteiger partial charge >= 0.3 is 0 Å². The third-order valence-electron chi connectivity index (χ3n) is 3.02. The van der Waals surface area contributed by atoms with Gasteiger partial charge in [0.15, 0.2) is 11.5 Å². The standard InChI is InChI=1S/C13H14ClN3O2/c1-17-3-2-16-12(17)7-15-6-9-4-10(14)13-11(5-9)18-8-19-13/h2-5,15H,6-8H2,1H3. The molecule has 0 atom stereocenters. The number of hydrogen-bond donors (Lipinski definition) is 1. The predicted molar refractivity (Wildman–Crippen MR) is 71.3 cm³/mol. The molecule has 0 radical (unpaired) electrons. The minimum atomic E-state index is 0.235. The molecule has 0 amide bonds. The van der Waals surface area contributed by atoms with E-state index in [-0.39, 0.29) is 6.79 Å². The van der Waals surface area contributed by atoms with Crippen LogP contribution in [0.2, 0.25) is 5.02 Å². The maximum atomic E-state index is 6.13. The monoisotopic (exact) mass is 279 g/mol. The van der Waals surface area contributed by atoms with E-state index < -0.39 is 0 Å². The van der Waals surface area contributed by atoms with Gasteiger partial charge in [-0.05, 0) is 17.7 Å². The molecule has 0 fully saturated rings. The minimum absolute atomic E-state index is 0.235. The molecule has 0 saturated carbocycles. The van der Waals surface area contributed by atoms with E-state index in [1.54, 1.807) is 6.20 Å². The molecule has 0 bridgehead atoms. The van der Waals surface area contributed by atoms with Crippen LogP contribution in [0.5, 0.6) is 11.5 Å². The van der Waals surface area contributed by atoms with Crippen LogP contribution in [0, 0.1) is 0 Å². The molecule has 1 aliphatic rings.